The molecule has 4 heteroatoms. The van der Waals surface area contributed by atoms with Gasteiger partial charge in [-0.3, -0.25) is 0 Å². The summed E-state index contributed by atoms with van der Waals surface area (Å²) in [5, 5.41) is 14.1. The fourth-order valence-electron chi connectivity index (χ4n) is 8.16. The molecule has 2 aromatic rings. The molecule has 0 amide bonds. The van der Waals surface area contributed by atoms with E-state index in [0.29, 0.717) is 5.92 Å². The second-order valence-electron chi connectivity index (χ2n) is 12.0. The number of H-pyrrole nitrogens is 1. The molecule has 1 aromatic heterocycles. The number of benzene rings is 1. The first kappa shape index (κ1) is 20.3. The molecular formula is C29H34N2O2. The lowest BCUT2D eigenvalue weighted by atomic mass is 9.58. The topological polar surface area (TPSA) is 48.1 Å². The highest BCUT2D eigenvalue weighted by molar-refractivity contribution is 5.85. The summed E-state index contributed by atoms with van der Waals surface area (Å²) in [6.07, 6.45) is 16.6. The lowest BCUT2D eigenvalue weighted by Crippen LogP contribution is -2.56. The molecule has 2 fully saturated rings. The molecular weight excluding hydrogens is 408 g/mol. The molecule has 5 aliphatic rings. The number of nitrogens with one attached hydrogen (secondary N) is 1. The number of aromatic amines is 1. The van der Waals surface area contributed by atoms with Crippen molar-refractivity contribution >= 4 is 16.5 Å². The van der Waals surface area contributed by atoms with E-state index in [9.17, 15) is 5.21 Å². The number of allylic oxidation sites excluding steroid dienone is 3. The minimum Gasteiger partial charge on any atom is -0.633 e. The van der Waals surface area contributed by atoms with Gasteiger partial charge in [0.1, 0.15) is 0 Å². The Morgan fingerprint density at radius 3 is 2.88 bits per heavy atom. The summed E-state index contributed by atoms with van der Waals surface area (Å²) in [6.45, 7) is 2.46. The van der Waals surface area contributed by atoms with Crippen LogP contribution >= 0.6 is 0 Å². The van der Waals surface area contributed by atoms with E-state index < -0.39 is 0 Å². The van der Waals surface area contributed by atoms with Gasteiger partial charge in [0.15, 0.2) is 0 Å². The van der Waals surface area contributed by atoms with Crippen molar-refractivity contribution < 1.29 is 9.38 Å². The van der Waals surface area contributed by atoms with Crippen LogP contribution in [0.3, 0.4) is 0 Å². The van der Waals surface area contributed by atoms with Crippen LogP contribution in [0, 0.1) is 16.5 Å². The second-order valence-corrected chi connectivity index (χ2v) is 12.0. The Morgan fingerprint density at radius 1 is 1.15 bits per heavy atom. The average Bonchev–Trinajstić information content (AvgIpc) is 3.46. The number of hydrogen-bond donors (Lipinski definition) is 1. The number of nitrogens with zero attached hydrogens (tertiary/aromatic N) is 1. The standard InChI is InChI=1S/C29H34N2O2/c1-27-12-10-22-17-21-6-7-23(31(2,3)32)18-28(21)13-14-29(22,33-28)26(27)9-8-24(27)20-5-4-19-11-15-30-25(19)16-20/h4-5,8,10-11,15-17,23,26,30H,6-7,9,12-14,18H2,1-3H3/t23-,26-,27-,28-,29?/m1/s1. The van der Waals surface area contributed by atoms with Crippen LogP contribution in [-0.4, -0.2) is 41.0 Å². The molecule has 1 saturated heterocycles. The van der Waals surface area contributed by atoms with Crippen LogP contribution in [0.1, 0.15) is 57.4 Å². The van der Waals surface area contributed by atoms with Crippen LogP contribution in [0.4, 0.5) is 0 Å². The van der Waals surface area contributed by atoms with Crippen molar-refractivity contribution in [2.24, 2.45) is 11.3 Å². The quantitative estimate of drug-likeness (QED) is 0.441. The van der Waals surface area contributed by atoms with E-state index >= 15 is 0 Å². The highest BCUT2D eigenvalue weighted by Gasteiger charge is 2.65. The van der Waals surface area contributed by atoms with Crippen molar-refractivity contribution in [3.05, 3.63) is 70.6 Å². The molecule has 4 nitrogen and oxygen atoms in total. The molecule has 2 spiro atoms. The molecule has 172 valence electrons. The van der Waals surface area contributed by atoms with E-state index in [1.54, 1.807) is 14.1 Å². The summed E-state index contributed by atoms with van der Waals surface area (Å²) >= 11 is 0. The SMILES string of the molecule is C[C@]12CC=C3C=C4CC[C@@H]([N+](C)(C)[O-])C[C@]45CCC3(O5)[C@@H]1CC=C2c1ccc2cc[nH]c2c1. The maximum Gasteiger partial charge on any atom is 0.0980 e. The van der Waals surface area contributed by atoms with Crippen molar-refractivity contribution in [1.82, 2.24) is 4.98 Å². The van der Waals surface area contributed by atoms with Gasteiger partial charge in [0.05, 0.1) is 31.3 Å². The van der Waals surface area contributed by atoms with Crippen molar-refractivity contribution in [3.63, 3.8) is 0 Å². The molecule has 3 heterocycles. The third-order valence-corrected chi connectivity index (χ3v) is 9.99. The summed E-state index contributed by atoms with van der Waals surface area (Å²) in [6, 6.07) is 9.12. The summed E-state index contributed by atoms with van der Waals surface area (Å²) in [7, 11) is 3.61. The van der Waals surface area contributed by atoms with Gasteiger partial charge in [-0.15, -0.1) is 0 Å². The third-order valence-electron chi connectivity index (χ3n) is 9.99. The van der Waals surface area contributed by atoms with Crippen LogP contribution in [0.15, 0.2) is 59.8 Å². The van der Waals surface area contributed by atoms with Gasteiger partial charge in [-0.1, -0.05) is 37.3 Å². The van der Waals surface area contributed by atoms with Crippen molar-refractivity contribution in [2.45, 2.75) is 69.1 Å². The first-order chi connectivity index (χ1) is 15.7. The highest BCUT2D eigenvalue weighted by Crippen LogP contribution is 2.67. The zero-order chi connectivity index (χ0) is 22.6. The Hall–Kier alpha value is -2.14. The molecule has 1 saturated carbocycles. The van der Waals surface area contributed by atoms with Gasteiger partial charge in [-0.2, -0.15) is 0 Å². The molecule has 5 atom stereocenters. The van der Waals surface area contributed by atoms with E-state index in [-0.39, 0.29) is 27.3 Å². The lowest BCUT2D eigenvalue weighted by molar-refractivity contribution is -0.869. The molecule has 2 aliphatic heterocycles. The Labute approximate surface area is 196 Å². The Bertz CT molecular complexity index is 1260. The number of aromatic nitrogens is 1. The molecule has 0 radical (unpaired) electrons. The second kappa shape index (κ2) is 6.29. The number of ether oxygens (including phenoxy) is 1. The van der Waals surface area contributed by atoms with E-state index in [4.69, 9.17) is 4.74 Å². The average molecular weight is 443 g/mol. The van der Waals surface area contributed by atoms with Crippen LogP contribution in [0.25, 0.3) is 16.5 Å². The summed E-state index contributed by atoms with van der Waals surface area (Å²) in [4.78, 5) is 3.39. The van der Waals surface area contributed by atoms with Crippen molar-refractivity contribution in [1.29, 1.82) is 0 Å². The van der Waals surface area contributed by atoms with Crippen LogP contribution in [0.5, 0.6) is 0 Å². The van der Waals surface area contributed by atoms with Gasteiger partial charge in [0.2, 0.25) is 0 Å². The van der Waals surface area contributed by atoms with Gasteiger partial charge in [0, 0.05) is 35.9 Å². The highest BCUT2D eigenvalue weighted by atomic mass is 16.5. The molecule has 33 heavy (non-hydrogen) atoms. The first-order valence-corrected chi connectivity index (χ1v) is 12.7. The van der Waals surface area contributed by atoms with Crippen molar-refractivity contribution in [2.75, 3.05) is 14.1 Å². The number of hydroxylamine groups is 3. The molecule has 1 unspecified atom stereocenters. The maximum atomic E-state index is 12.8. The summed E-state index contributed by atoms with van der Waals surface area (Å²) in [5.74, 6) is 0.451. The van der Waals surface area contributed by atoms with Gasteiger partial charge < -0.3 is 19.6 Å². The zero-order valence-electron chi connectivity index (χ0n) is 20.0. The third kappa shape index (κ3) is 2.58. The molecule has 1 N–H and O–H groups in total. The number of hydrogen-bond acceptors (Lipinski definition) is 2. The van der Waals surface area contributed by atoms with E-state index in [1.165, 1.54) is 33.2 Å². The predicted molar refractivity (Wildman–Crippen MR) is 132 cm³/mol. The number of quaternary nitrogens is 1. The van der Waals surface area contributed by atoms with Crippen LogP contribution < -0.4 is 0 Å². The maximum absolute atomic E-state index is 12.8. The number of rotatable bonds is 2. The Kier molecular flexibility index (Phi) is 3.86. The largest absolute Gasteiger partial charge is 0.633 e. The van der Waals surface area contributed by atoms with Crippen LogP contribution in [0.2, 0.25) is 0 Å². The molecule has 2 bridgehead atoms. The molecule has 3 aliphatic carbocycles. The van der Waals surface area contributed by atoms with Crippen molar-refractivity contribution in [3.8, 4) is 0 Å². The summed E-state index contributed by atoms with van der Waals surface area (Å²) < 4.78 is 7.10. The van der Waals surface area contributed by atoms with Gasteiger partial charge in [0.25, 0.3) is 0 Å². The number of fused-ring (bicyclic) bond motifs is 2. The lowest BCUT2D eigenvalue weighted by Gasteiger charge is -2.55. The van der Waals surface area contributed by atoms with Gasteiger partial charge in [-0.05, 0) is 71.9 Å². The van der Waals surface area contributed by atoms with Gasteiger partial charge in [-0.25, -0.2) is 0 Å². The van der Waals surface area contributed by atoms with E-state index in [1.807, 2.05) is 6.20 Å². The summed E-state index contributed by atoms with van der Waals surface area (Å²) in [5.41, 5.74) is 6.56. The van der Waals surface area contributed by atoms with E-state index in [2.05, 4.69) is 54.4 Å². The van der Waals surface area contributed by atoms with Crippen LogP contribution in [-0.2, 0) is 4.74 Å². The molecule has 7 rings (SSSR count). The predicted octanol–water partition coefficient (Wildman–Crippen LogP) is 6.26. The first-order valence-electron chi connectivity index (χ1n) is 12.7. The van der Waals surface area contributed by atoms with E-state index in [0.717, 1.165) is 44.9 Å². The Morgan fingerprint density at radius 2 is 2.03 bits per heavy atom. The normalized spacial score (nSPS) is 39.5. The minimum atomic E-state index is -0.218. The Balaban J connectivity index is 1.28. The fraction of sp³-hybridized carbons (Fsp3) is 0.517. The zero-order valence-corrected chi connectivity index (χ0v) is 20.0. The smallest absolute Gasteiger partial charge is 0.0980 e. The molecule has 1 aromatic carbocycles. The van der Waals surface area contributed by atoms with Gasteiger partial charge >= 0.3 is 0 Å². The minimum absolute atomic E-state index is 0.0720. The fourth-order valence-corrected chi connectivity index (χ4v) is 8.16. The monoisotopic (exact) mass is 442 g/mol.